The summed E-state index contributed by atoms with van der Waals surface area (Å²) in [4.78, 5) is 13.9. The third-order valence-corrected chi connectivity index (χ3v) is 6.58. The predicted octanol–water partition coefficient (Wildman–Crippen LogP) is 2.50. The fraction of sp³-hybridized carbons (Fsp3) is 0.522. The number of aromatic amines is 1. The van der Waals surface area contributed by atoms with E-state index in [-0.39, 0.29) is 6.04 Å². The molecular formula is C23H33N11. The fourth-order valence-corrected chi connectivity index (χ4v) is 4.99. The minimum atomic E-state index is 0.276. The van der Waals surface area contributed by atoms with Crippen molar-refractivity contribution in [2.45, 2.75) is 57.2 Å². The molecule has 2 aromatic rings. The molecule has 0 aliphatic carbocycles. The number of nitrogens with one attached hydrogen (secondary N) is 4. The molecule has 2 bridgehead atoms. The highest BCUT2D eigenvalue weighted by molar-refractivity contribution is 5.77. The molecule has 2 aliphatic heterocycles. The van der Waals surface area contributed by atoms with Crippen molar-refractivity contribution in [3.05, 3.63) is 29.6 Å². The number of nitriles is 1. The summed E-state index contributed by atoms with van der Waals surface area (Å²) in [6.45, 7) is 3.26. The monoisotopic (exact) mass is 463 g/mol. The summed E-state index contributed by atoms with van der Waals surface area (Å²) in [6.07, 6.45) is 7.66. The maximum atomic E-state index is 8.98. The molecule has 34 heavy (non-hydrogen) atoms. The van der Waals surface area contributed by atoms with Crippen LogP contribution < -0.4 is 21.3 Å². The van der Waals surface area contributed by atoms with E-state index < -0.39 is 0 Å². The van der Waals surface area contributed by atoms with E-state index in [1.807, 2.05) is 31.0 Å². The first-order valence-electron chi connectivity index (χ1n) is 11.7. The Hall–Kier alpha value is -3.65. The second kappa shape index (κ2) is 10.5. The van der Waals surface area contributed by atoms with Gasteiger partial charge in [0.15, 0.2) is 5.82 Å². The lowest BCUT2D eigenvalue weighted by Crippen LogP contribution is -2.47. The van der Waals surface area contributed by atoms with Crippen molar-refractivity contribution >= 4 is 29.6 Å². The molecule has 6 N–H and O–H groups in total. The van der Waals surface area contributed by atoms with Gasteiger partial charge in [-0.3, -0.25) is 10.00 Å². The Morgan fingerprint density at radius 3 is 2.71 bits per heavy atom. The van der Waals surface area contributed by atoms with Gasteiger partial charge in [-0.25, -0.2) is 0 Å². The lowest BCUT2D eigenvalue weighted by atomic mass is 9.97. The second-order valence-corrected chi connectivity index (χ2v) is 9.08. The second-order valence-electron chi connectivity index (χ2n) is 9.08. The highest BCUT2D eigenvalue weighted by Gasteiger charge is 2.40. The van der Waals surface area contributed by atoms with Crippen LogP contribution in [0.1, 0.15) is 37.8 Å². The molecule has 4 heterocycles. The first-order chi connectivity index (χ1) is 16.5. The summed E-state index contributed by atoms with van der Waals surface area (Å²) in [5.74, 6) is 2.58. The zero-order valence-corrected chi connectivity index (χ0v) is 19.8. The Morgan fingerprint density at radius 1 is 1.32 bits per heavy atom. The summed E-state index contributed by atoms with van der Waals surface area (Å²) < 4.78 is 0. The minimum absolute atomic E-state index is 0.276. The first kappa shape index (κ1) is 23.5. The molecule has 11 nitrogen and oxygen atoms in total. The number of fused-ring (bicyclic) bond motifs is 2. The number of nitrogens with zero attached hydrogens (tertiary/aromatic N) is 6. The average Bonchev–Trinajstić information content (AvgIpc) is 3.34. The Balaban J connectivity index is 1.53. The molecular weight excluding hydrogens is 430 g/mol. The standard InChI is InChI=1S/C23H33N11/c1-15-8-21(32-31-15)28-20-11-22(33(2)14-16(12-25)13-26)30-23(29-20)27-17-9-18-4-5-19(10-17)34(18)7-3-6-24/h8,11-13,17-19,25H,3-5,7,9-10,14,26H2,1-2H3,(H3,27,28,29,30,31,32)/b16-13+,25-12?/t17?,18-,19+. The zero-order chi connectivity index (χ0) is 24.1. The summed E-state index contributed by atoms with van der Waals surface area (Å²) in [7, 11) is 1.91. The minimum Gasteiger partial charge on any atom is -0.404 e. The van der Waals surface area contributed by atoms with Crippen molar-refractivity contribution in [2.75, 3.05) is 35.7 Å². The number of anilines is 4. The lowest BCUT2D eigenvalue weighted by Gasteiger charge is -2.38. The van der Waals surface area contributed by atoms with Gasteiger partial charge in [0.25, 0.3) is 0 Å². The molecule has 180 valence electrons. The largest absolute Gasteiger partial charge is 0.404 e. The Morgan fingerprint density at radius 2 is 2.09 bits per heavy atom. The third kappa shape index (κ3) is 5.46. The maximum absolute atomic E-state index is 8.98. The van der Waals surface area contributed by atoms with Crippen molar-refractivity contribution in [2.24, 2.45) is 5.73 Å². The summed E-state index contributed by atoms with van der Waals surface area (Å²) >= 11 is 0. The van der Waals surface area contributed by atoms with Gasteiger partial charge in [-0.15, -0.1) is 0 Å². The quantitative estimate of drug-likeness (QED) is 0.334. The van der Waals surface area contributed by atoms with E-state index in [0.717, 1.165) is 25.1 Å². The van der Waals surface area contributed by atoms with Crippen LogP contribution in [0.4, 0.5) is 23.4 Å². The molecule has 2 saturated heterocycles. The van der Waals surface area contributed by atoms with Crippen LogP contribution in [0.15, 0.2) is 23.9 Å². The molecule has 3 atom stereocenters. The molecule has 0 spiro atoms. The van der Waals surface area contributed by atoms with Crippen molar-refractivity contribution in [1.29, 1.82) is 10.7 Å². The van der Waals surface area contributed by atoms with Crippen LogP contribution in [0.2, 0.25) is 0 Å². The van der Waals surface area contributed by atoms with E-state index in [1.54, 1.807) is 0 Å². The highest BCUT2D eigenvalue weighted by atomic mass is 15.3. The fourth-order valence-electron chi connectivity index (χ4n) is 4.99. The van der Waals surface area contributed by atoms with Gasteiger partial charge in [0, 0.05) is 80.5 Å². The molecule has 11 heteroatoms. The van der Waals surface area contributed by atoms with Crippen LogP contribution in [-0.2, 0) is 0 Å². The van der Waals surface area contributed by atoms with E-state index in [0.29, 0.717) is 54.0 Å². The highest BCUT2D eigenvalue weighted by Crippen LogP contribution is 2.36. The number of aromatic nitrogens is 4. The van der Waals surface area contributed by atoms with E-state index in [2.05, 4.69) is 31.8 Å². The van der Waals surface area contributed by atoms with Gasteiger partial charge in [-0.05, 0) is 32.6 Å². The van der Waals surface area contributed by atoms with Crippen LogP contribution in [0.25, 0.3) is 0 Å². The zero-order valence-electron chi connectivity index (χ0n) is 19.8. The van der Waals surface area contributed by atoms with Crippen LogP contribution in [0, 0.1) is 23.7 Å². The number of aryl methyl sites for hydroxylation is 1. The molecule has 2 aliphatic rings. The number of hydrogen-bond donors (Lipinski definition) is 5. The molecule has 0 aromatic carbocycles. The number of piperidine rings is 1. The van der Waals surface area contributed by atoms with Gasteiger partial charge in [0.05, 0.1) is 6.07 Å². The van der Waals surface area contributed by atoms with Gasteiger partial charge in [0.1, 0.15) is 11.6 Å². The SMILES string of the molecule is Cc1cc(Nc2cc(N(C)C/C(C=N)=C/N)nc(NC3C[C@H]4CC[C@@H](C3)N4CCC#N)n2)n[nH]1. The lowest BCUT2D eigenvalue weighted by molar-refractivity contribution is 0.135. The van der Waals surface area contributed by atoms with E-state index in [9.17, 15) is 0 Å². The number of rotatable bonds is 10. The molecule has 0 amide bonds. The molecule has 0 radical (unpaired) electrons. The van der Waals surface area contributed by atoms with Gasteiger partial charge in [-0.1, -0.05) is 0 Å². The van der Waals surface area contributed by atoms with Gasteiger partial charge < -0.3 is 26.7 Å². The van der Waals surface area contributed by atoms with Crippen LogP contribution in [0.3, 0.4) is 0 Å². The third-order valence-electron chi connectivity index (χ3n) is 6.58. The summed E-state index contributed by atoms with van der Waals surface area (Å²) in [5.41, 5.74) is 7.28. The summed E-state index contributed by atoms with van der Waals surface area (Å²) in [5, 5.41) is 30.5. The van der Waals surface area contributed by atoms with Gasteiger partial charge in [-0.2, -0.15) is 20.3 Å². The number of nitrogens with two attached hydrogens (primary N) is 1. The van der Waals surface area contributed by atoms with E-state index in [1.165, 1.54) is 25.3 Å². The molecule has 1 unspecified atom stereocenters. The van der Waals surface area contributed by atoms with Crippen molar-refractivity contribution in [3.63, 3.8) is 0 Å². The maximum Gasteiger partial charge on any atom is 0.226 e. The average molecular weight is 464 g/mol. The molecule has 4 rings (SSSR count). The predicted molar refractivity (Wildman–Crippen MR) is 133 cm³/mol. The normalized spacial score (nSPS) is 22.3. The molecule has 0 saturated carbocycles. The van der Waals surface area contributed by atoms with E-state index >= 15 is 0 Å². The molecule has 2 aromatic heterocycles. The Bertz CT molecular complexity index is 1060. The number of H-pyrrole nitrogens is 1. The van der Waals surface area contributed by atoms with Crippen LogP contribution in [0.5, 0.6) is 0 Å². The topological polar surface area (TPSA) is 159 Å². The van der Waals surface area contributed by atoms with Gasteiger partial charge in [0.2, 0.25) is 5.95 Å². The van der Waals surface area contributed by atoms with Crippen LogP contribution >= 0.6 is 0 Å². The van der Waals surface area contributed by atoms with Crippen molar-refractivity contribution < 1.29 is 0 Å². The first-order valence-corrected chi connectivity index (χ1v) is 11.7. The Kier molecular flexibility index (Phi) is 7.27. The number of likely N-dealkylation sites (N-methyl/N-ethyl adjacent to an activating group) is 1. The van der Waals surface area contributed by atoms with Gasteiger partial charge >= 0.3 is 0 Å². The Labute approximate surface area is 200 Å². The number of hydrogen-bond acceptors (Lipinski definition) is 10. The smallest absolute Gasteiger partial charge is 0.226 e. The summed E-state index contributed by atoms with van der Waals surface area (Å²) in [6, 6.07) is 7.34. The molecule has 2 fully saturated rings. The van der Waals surface area contributed by atoms with E-state index in [4.69, 9.17) is 26.4 Å². The van der Waals surface area contributed by atoms with Crippen LogP contribution in [-0.4, -0.2) is 69.5 Å². The van der Waals surface area contributed by atoms with Crippen molar-refractivity contribution in [3.8, 4) is 6.07 Å². The van der Waals surface area contributed by atoms with Crippen molar-refractivity contribution in [1.82, 2.24) is 25.1 Å².